The van der Waals surface area contributed by atoms with Crippen LogP contribution >= 0.6 is 0 Å². The van der Waals surface area contributed by atoms with Gasteiger partial charge in [-0.15, -0.1) is 0 Å². The van der Waals surface area contributed by atoms with Gasteiger partial charge in [-0.3, -0.25) is 15.1 Å². The number of nitrogens with zero attached hydrogens (tertiary/aromatic N) is 2. The first-order chi connectivity index (χ1) is 7.07. The van der Waals surface area contributed by atoms with Gasteiger partial charge in [0.25, 0.3) is 5.70 Å². The van der Waals surface area contributed by atoms with Gasteiger partial charge in [0, 0.05) is 12.6 Å². The monoisotopic (exact) mass is 211 g/mol. The van der Waals surface area contributed by atoms with Crippen molar-refractivity contribution in [1.82, 2.24) is 0 Å². The van der Waals surface area contributed by atoms with E-state index in [0.29, 0.717) is 18.8 Å². The second-order valence-electron chi connectivity index (χ2n) is 3.00. The molecule has 1 aliphatic rings. The predicted octanol–water partition coefficient (Wildman–Crippen LogP) is -1.27. The molecule has 0 saturated heterocycles. The maximum Gasteiger partial charge on any atom is 0.290 e. The zero-order chi connectivity index (χ0) is 11.4. The molecular weight excluding hydrogens is 198 g/mol. The number of aliphatic imine (C=N–C) groups is 1. The topological polar surface area (TPSA) is 134 Å². The Kier molecular flexibility index (Phi) is 3.53. The molecule has 0 aliphatic heterocycles. The minimum atomic E-state index is -0.720. The summed E-state index contributed by atoms with van der Waals surface area (Å²) in [5.41, 5.74) is 16.9. The molecule has 0 fully saturated rings. The van der Waals surface area contributed by atoms with Gasteiger partial charge in [0.1, 0.15) is 5.70 Å². The molecule has 0 amide bonds. The molecule has 7 heteroatoms. The number of hydrogen-bond acceptors (Lipinski definition) is 6. The van der Waals surface area contributed by atoms with E-state index in [-0.39, 0.29) is 11.4 Å². The van der Waals surface area contributed by atoms with Crippen LogP contribution in [0.1, 0.15) is 0 Å². The molecule has 0 radical (unpaired) electrons. The quantitative estimate of drug-likeness (QED) is 0.395. The first-order valence-corrected chi connectivity index (χ1v) is 4.40. The van der Waals surface area contributed by atoms with Gasteiger partial charge in [0.2, 0.25) is 0 Å². The van der Waals surface area contributed by atoms with E-state index in [1.54, 1.807) is 0 Å². The maximum absolute atomic E-state index is 10.5. The van der Waals surface area contributed by atoms with E-state index in [0.717, 1.165) is 0 Å². The summed E-state index contributed by atoms with van der Waals surface area (Å²) in [4.78, 5) is 14.0. The molecule has 7 nitrogen and oxygen atoms in total. The highest BCUT2D eigenvalue weighted by molar-refractivity contribution is 6.02. The molecule has 1 rings (SSSR count). The van der Waals surface area contributed by atoms with E-state index in [2.05, 4.69) is 4.99 Å². The van der Waals surface area contributed by atoms with Gasteiger partial charge in [0.05, 0.1) is 23.2 Å². The van der Waals surface area contributed by atoms with Gasteiger partial charge in [-0.1, -0.05) is 0 Å². The van der Waals surface area contributed by atoms with Crippen LogP contribution in [0.2, 0.25) is 0 Å². The fraction of sp³-hybridized carbons (Fsp3) is 0.375. The molecule has 0 aromatic rings. The van der Waals surface area contributed by atoms with Crippen molar-refractivity contribution in [3.63, 3.8) is 0 Å². The molecule has 6 N–H and O–H groups in total. The van der Waals surface area contributed by atoms with Crippen LogP contribution in [0.25, 0.3) is 0 Å². The Balaban J connectivity index is 2.94. The molecule has 0 aromatic carbocycles. The third-order valence-corrected chi connectivity index (χ3v) is 1.98. The van der Waals surface area contributed by atoms with Crippen molar-refractivity contribution >= 4 is 5.71 Å². The summed E-state index contributed by atoms with van der Waals surface area (Å²) < 4.78 is 0. The van der Waals surface area contributed by atoms with Crippen LogP contribution in [-0.2, 0) is 0 Å². The van der Waals surface area contributed by atoms with E-state index in [9.17, 15) is 10.1 Å². The van der Waals surface area contributed by atoms with Crippen LogP contribution in [0.5, 0.6) is 0 Å². The summed E-state index contributed by atoms with van der Waals surface area (Å²) in [6.07, 6.45) is 2.79. The molecule has 0 saturated carbocycles. The lowest BCUT2D eigenvalue weighted by molar-refractivity contribution is -0.420. The summed E-state index contributed by atoms with van der Waals surface area (Å²) in [7, 11) is 0. The van der Waals surface area contributed by atoms with Crippen LogP contribution in [0, 0.1) is 10.1 Å². The second-order valence-corrected chi connectivity index (χ2v) is 3.00. The third kappa shape index (κ3) is 2.39. The van der Waals surface area contributed by atoms with Crippen molar-refractivity contribution in [2.75, 3.05) is 13.1 Å². The minimum absolute atomic E-state index is 0.0262. The lowest BCUT2D eigenvalue weighted by Gasteiger charge is -2.15. The molecule has 82 valence electrons. The number of rotatable bonds is 3. The Morgan fingerprint density at radius 2 is 2.20 bits per heavy atom. The van der Waals surface area contributed by atoms with E-state index < -0.39 is 11.0 Å². The summed E-state index contributed by atoms with van der Waals surface area (Å²) in [5.74, 6) is 0. The maximum atomic E-state index is 10.5. The molecule has 0 aromatic heterocycles. The molecule has 1 atom stereocenters. The summed E-state index contributed by atoms with van der Waals surface area (Å²) in [6, 6.07) is -0.720. The van der Waals surface area contributed by atoms with Gasteiger partial charge in [0.15, 0.2) is 0 Å². The highest BCUT2D eigenvalue weighted by Crippen LogP contribution is 2.13. The van der Waals surface area contributed by atoms with Crippen molar-refractivity contribution < 1.29 is 4.92 Å². The SMILES string of the molecule is NCCN=C1C=CC([N+](=O)[O-])=C(N)C1N. The number of allylic oxidation sites excluding steroid dienone is 1. The summed E-state index contributed by atoms with van der Waals surface area (Å²) >= 11 is 0. The Morgan fingerprint density at radius 3 is 2.73 bits per heavy atom. The number of hydrogen-bond donors (Lipinski definition) is 3. The highest BCUT2D eigenvalue weighted by Gasteiger charge is 2.25. The van der Waals surface area contributed by atoms with Gasteiger partial charge in [-0.2, -0.15) is 0 Å². The fourth-order valence-electron chi connectivity index (χ4n) is 1.19. The Labute approximate surface area is 86.5 Å². The van der Waals surface area contributed by atoms with Gasteiger partial charge < -0.3 is 17.2 Å². The van der Waals surface area contributed by atoms with E-state index in [1.165, 1.54) is 12.2 Å². The number of nitro groups is 1. The Hall–Kier alpha value is -1.73. The fourth-order valence-corrected chi connectivity index (χ4v) is 1.19. The largest absolute Gasteiger partial charge is 0.395 e. The van der Waals surface area contributed by atoms with E-state index >= 15 is 0 Å². The van der Waals surface area contributed by atoms with Crippen molar-refractivity contribution in [3.05, 3.63) is 33.7 Å². The Morgan fingerprint density at radius 1 is 1.53 bits per heavy atom. The molecule has 1 unspecified atom stereocenters. The summed E-state index contributed by atoms with van der Waals surface area (Å²) in [6.45, 7) is 0.824. The van der Waals surface area contributed by atoms with Crippen LogP contribution < -0.4 is 17.2 Å². The van der Waals surface area contributed by atoms with Gasteiger partial charge in [-0.05, 0) is 6.08 Å². The average molecular weight is 211 g/mol. The zero-order valence-corrected chi connectivity index (χ0v) is 8.09. The molecule has 0 heterocycles. The van der Waals surface area contributed by atoms with Crippen molar-refractivity contribution in [2.45, 2.75) is 6.04 Å². The molecule has 15 heavy (non-hydrogen) atoms. The normalized spacial score (nSPS) is 23.6. The summed E-state index contributed by atoms with van der Waals surface area (Å²) in [5, 5.41) is 10.5. The van der Waals surface area contributed by atoms with Crippen molar-refractivity contribution in [3.8, 4) is 0 Å². The van der Waals surface area contributed by atoms with E-state index in [1.807, 2.05) is 0 Å². The molecule has 0 spiro atoms. The first-order valence-electron chi connectivity index (χ1n) is 4.40. The zero-order valence-electron chi connectivity index (χ0n) is 8.09. The first kappa shape index (κ1) is 11.3. The van der Waals surface area contributed by atoms with Crippen molar-refractivity contribution in [1.29, 1.82) is 0 Å². The standard InChI is InChI=1S/C8H13N5O2/c9-3-4-12-5-1-2-6(13(14)15)8(11)7(5)10/h1-2,7H,3-4,9-11H2. The molecular formula is C8H13N5O2. The highest BCUT2D eigenvalue weighted by atomic mass is 16.6. The lowest BCUT2D eigenvalue weighted by Crippen LogP contribution is -2.39. The van der Waals surface area contributed by atoms with Crippen LogP contribution in [0.4, 0.5) is 0 Å². The smallest absolute Gasteiger partial charge is 0.290 e. The Bertz CT molecular complexity index is 358. The predicted molar refractivity (Wildman–Crippen MR) is 56.7 cm³/mol. The van der Waals surface area contributed by atoms with Crippen LogP contribution in [-0.4, -0.2) is 29.8 Å². The van der Waals surface area contributed by atoms with Crippen molar-refractivity contribution in [2.24, 2.45) is 22.2 Å². The van der Waals surface area contributed by atoms with Crippen LogP contribution in [0.15, 0.2) is 28.5 Å². The molecule has 1 aliphatic carbocycles. The third-order valence-electron chi connectivity index (χ3n) is 1.98. The molecule has 0 bridgehead atoms. The average Bonchev–Trinajstić information content (AvgIpc) is 2.20. The van der Waals surface area contributed by atoms with E-state index in [4.69, 9.17) is 17.2 Å². The van der Waals surface area contributed by atoms with Gasteiger partial charge in [-0.25, -0.2) is 0 Å². The minimum Gasteiger partial charge on any atom is -0.395 e. The second kappa shape index (κ2) is 4.67. The van der Waals surface area contributed by atoms with Gasteiger partial charge >= 0.3 is 0 Å². The lowest BCUT2D eigenvalue weighted by atomic mass is 10.0. The number of nitrogens with two attached hydrogens (primary N) is 3. The van der Waals surface area contributed by atoms with Crippen LogP contribution in [0.3, 0.4) is 0 Å².